The standard InChI is InChI=1S/C24H18F2N6O/c25-20-10-16(4-6-22(20)31-14-27-12-29-31)8-18-2-1-3-19(24(18)33)9-17-5-7-23(21(26)11-17)32-15-28-13-30-32/h4-15H,1-3H2/b18-8+,19-9+. The quantitative estimate of drug-likeness (QED) is 0.438. The molecule has 0 N–H and O–H groups in total. The minimum absolute atomic E-state index is 0.109. The summed E-state index contributed by atoms with van der Waals surface area (Å²) in [4.78, 5) is 20.7. The maximum absolute atomic E-state index is 14.5. The normalized spacial score (nSPS) is 16.6. The zero-order chi connectivity index (χ0) is 22.8. The molecule has 0 amide bonds. The number of allylic oxidation sites excluding steroid dienone is 2. The molecule has 2 aromatic carbocycles. The fraction of sp³-hybridized carbons (Fsp3) is 0.125. The van der Waals surface area contributed by atoms with E-state index >= 15 is 0 Å². The van der Waals surface area contributed by atoms with Gasteiger partial charge in [0.05, 0.1) is 0 Å². The number of halogens is 2. The van der Waals surface area contributed by atoms with Gasteiger partial charge in [0, 0.05) is 11.1 Å². The van der Waals surface area contributed by atoms with Crippen molar-refractivity contribution in [3.05, 3.63) is 95.6 Å². The highest BCUT2D eigenvalue weighted by molar-refractivity contribution is 6.13. The summed E-state index contributed by atoms with van der Waals surface area (Å²) in [6.07, 6.45) is 10.9. The van der Waals surface area contributed by atoms with E-state index in [0.717, 1.165) is 6.42 Å². The summed E-state index contributed by atoms with van der Waals surface area (Å²) in [7, 11) is 0. The molecule has 7 nitrogen and oxygen atoms in total. The highest BCUT2D eigenvalue weighted by Crippen LogP contribution is 2.29. The van der Waals surface area contributed by atoms with E-state index in [4.69, 9.17) is 0 Å². The molecule has 0 aliphatic heterocycles. The smallest absolute Gasteiger partial charge is 0.185 e. The Balaban J connectivity index is 1.39. The molecule has 0 radical (unpaired) electrons. The Morgan fingerprint density at radius 3 is 1.64 bits per heavy atom. The average Bonchev–Trinajstić information content (AvgIpc) is 3.51. The van der Waals surface area contributed by atoms with Crippen LogP contribution in [0.3, 0.4) is 0 Å². The second-order valence-corrected chi connectivity index (χ2v) is 7.62. The van der Waals surface area contributed by atoms with Crippen LogP contribution in [0.1, 0.15) is 30.4 Å². The zero-order valence-corrected chi connectivity index (χ0v) is 17.4. The van der Waals surface area contributed by atoms with Crippen molar-refractivity contribution < 1.29 is 13.6 Å². The molecule has 0 spiro atoms. The van der Waals surface area contributed by atoms with Gasteiger partial charge in [0.2, 0.25) is 0 Å². The van der Waals surface area contributed by atoms with E-state index in [-0.39, 0.29) is 17.2 Å². The maximum atomic E-state index is 14.5. The fourth-order valence-electron chi connectivity index (χ4n) is 3.84. The largest absolute Gasteiger partial charge is 0.289 e. The molecule has 4 aromatic rings. The predicted octanol–water partition coefficient (Wildman–Crippen LogP) is 4.35. The van der Waals surface area contributed by atoms with Gasteiger partial charge in [-0.05, 0) is 66.8 Å². The summed E-state index contributed by atoms with van der Waals surface area (Å²) in [5, 5.41) is 7.87. The second kappa shape index (κ2) is 8.70. The van der Waals surface area contributed by atoms with E-state index in [9.17, 15) is 13.6 Å². The lowest BCUT2D eigenvalue weighted by Crippen LogP contribution is -2.12. The number of Topliss-reactive ketones (excluding diaryl/α,β-unsaturated/α-hetero) is 1. The molecule has 0 unspecified atom stereocenters. The van der Waals surface area contributed by atoms with E-state index in [0.29, 0.717) is 35.1 Å². The summed E-state index contributed by atoms with van der Waals surface area (Å²) in [5.74, 6) is -1.03. The first-order chi connectivity index (χ1) is 16.1. The molecule has 1 aliphatic carbocycles. The van der Waals surface area contributed by atoms with Crippen molar-refractivity contribution in [1.29, 1.82) is 0 Å². The van der Waals surface area contributed by atoms with E-state index < -0.39 is 11.6 Å². The molecule has 1 saturated carbocycles. The highest BCUT2D eigenvalue weighted by Gasteiger charge is 2.21. The van der Waals surface area contributed by atoms with Crippen LogP contribution in [-0.4, -0.2) is 35.3 Å². The van der Waals surface area contributed by atoms with Crippen LogP contribution in [0.25, 0.3) is 23.5 Å². The van der Waals surface area contributed by atoms with E-state index in [2.05, 4.69) is 20.2 Å². The molecule has 33 heavy (non-hydrogen) atoms. The van der Waals surface area contributed by atoms with Gasteiger partial charge in [0.1, 0.15) is 48.3 Å². The third-order valence-electron chi connectivity index (χ3n) is 5.43. The van der Waals surface area contributed by atoms with Crippen LogP contribution in [0.15, 0.2) is 72.9 Å². The number of rotatable bonds is 4. The number of aromatic nitrogens is 6. The molecular formula is C24H18F2N6O. The summed E-state index contributed by atoms with van der Waals surface area (Å²) in [6.45, 7) is 0. The first-order valence-corrected chi connectivity index (χ1v) is 10.3. The molecule has 1 aliphatic rings. The van der Waals surface area contributed by atoms with Crippen molar-refractivity contribution in [2.75, 3.05) is 0 Å². The Hall–Kier alpha value is -4.27. The van der Waals surface area contributed by atoms with Gasteiger partial charge in [-0.25, -0.2) is 28.1 Å². The predicted molar refractivity (Wildman–Crippen MR) is 117 cm³/mol. The van der Waals surface area contributed by atoms with Gasteiger partial charge in [-0.1, -0.05) is 12.1 Å². The van der Waals surface area contributed by atoms with Gasteiger partial charge in [-0.15, -0.1) is 0 Å². The second-order valence-electron chi connectivity index (χ2n) is 7.62. The van der Waals surface area contributed by atoms with Crippen molar-refractivity contribution in [1.82, 2.24) is 29.5 Å². The van der Waals surface area contributed by atoms with Gasteiger partial charge in [-0.3, -0.25) is 4.79 Å². The highest BCUT2D eigenvalue weighted by atomic mass is 19.1. The molecule has 1 fully saturated rings. The fourth-order valence-corrected chi connectivity index (χ4v) is 3.84. The third kappa shape index (κ3) is 4.25. The van der Waals surface area contributed by atoms with Crippen LogP contribution in [0.5, 0.6) is 0 Å². The summed E-state index contributed by atoms with van der Waals surface area (Å²) in [5.41, 5.74) is 2.93. The Morgan fingerprint density at radius 1 is 0.758 bits per heavy atom. The van der Waals surface area contributed by atoms with Gasteiger partial charge < -0.3 is 0 Å². The lowest BCUT2D eigenvalue weighted by atomic mass is 9.87. The topological polar surface area (TPSA) is 78.5 Å². The molecule has 0 saturated heterocycles. The number of carbonyl (C=O) groups excluding carboxylic acids is 1. The number of carbonyl (C=O) groups is 1. The molecule has 2 heterocycles. The van der Waals surface area contributed by atoms with E-state index in [1.807, 2.05) is 0 Å². The number of hydrogen-bond donors (Lipinski definition) is 0. The van der Waals surface area contributed by atoms with Crippen molar-refractivity contribution in [3.63, 3.8) is 0 Å². The van der Waals surface area contributed by atoms with Crippen LogP contribution < -0.4 is 0 Å². The lowest BCUT2D eigenvalue weighted by molar-refractivity contribution is -0.112. The summed E-state index contributed by atoms with van der Waals surface area (Å²) < 4.78 is 31.8. The van der Waals surface area contributed by atoms with Gasteiger partial charge in [-0.2, -0.15) is 10.2 Å². The Labute approximate surface area is 187 Å². The maximum Gasteiger partial charge on any atom is 0.185 e. The minimum atomic E-state index is -0.461. The molecule has 5 rings (SSSR count). The first-order valence-electron chi connectivity index (χ1n) is 10.3. The first kappa shape index (κ1) is 20.6. The van der Waals surface area contributed by atoms with Crippen LogP contribution in [0, 0.1) is 11.6 Å². The summed E-state index contributed by atoms with van der Waals surface area (Å²) in [6, 6.07) is 9.40. The van der Waals surface area contributed by atoms with Crippen molar-refractivity contribution >= 4 is 17.9 Å². The van der Waals surface area contributed by atoms with Crippen molar-refractivity contribution in [3.8, 4) is 11.4 Å². The minimum Gasteiger partial charge on any atom is -0.289 e. The Morgan fingerprint density at radius 2 is 1.24 bits per heavy atom. The van der Waals surface area contributed by atoms with E-state index in [1.165, 1.54) is 46.8 Å². The molecule has 0 bridgehead atoms. The SMILES string of the molecule is O=C1/C(=C/c2ccc(-n3cncn3)c(F)c2)CCC/C1=C\c1ccc(-n2cncn2)c(F)c1. The Kier molecular flexibility index (Phi) is 5.43. The van der Waals surface area contributed by atoms with Crippen LogP contribution in [-0.2, 0) is 4.79 Å². The van der Waals surface area contributed by atoms with Gasteiger partial charge >= 0.3 is 0 Å². The number of ketones is 1. The van der Waals surface area contributed by atoms with Crippen molar-refractivity contribution in [2.24, 2.45) is 0 Å². The Bertz CT molecular complexity index is 1270. The van der Waals surface area contributed by atoms with Crippen LogP contribution in [0.4, 0.5) is 8.78 Å². The number of benzene rings is 2. The van der Waals surface area contributed by atoms with Crippen molar-refractivity contribution in [2.45, 2.75) is 19.3 Å². The zero-order valence-electron chi connectivity index (χ0n) is 17.4. The van der Waals surface area contributed by atoms with Crippen LogP contribution >= 0.6 is 0 Å². The number of hydrogen-bond acceptors (Lipinski definition) is 5. The number of nitrogens with zero attached hydrogens (tertiary/aromatic N) is 6. The summed E-state index contributed by atoms with van der Waals surface area (Å²) >= 11 is 0. The molecular weight excluding hydrogens is 426 g/mol. The molecule has 164 valence electrons. The molecule has 0 atom stereocenters. The van der Waals surface area contributed by atoms with E-state index in [1.54, 1.807) is 36.4 Å². The van der Waals surface area contributed by atoms with Gasteiger partial charge in [0.25, 0.3) is 0 Å². The molecule has 9 heteroatoms. The lowest BCUT2D eigenvalue weighted by Gasteiger charge is -2.17. The monoisotopic (exact) mass is 444 g/mol. The van der Waals surface area contributed by atoms with Crippen LogP contribution in [0.2, 0.25) is 0 Å². The average molecular weight is 444 g/mol. The third-order valence-corrected chi connectivity index (χ3v) is 5.43. The van der Waals surface area contributed by atoms with Gasteiger partial charge in [0.15, 0.2) is 5.78 Å². The molecule has 2 aromatic heterocycles.